The molecule has 0 fully saturated rings. The summed E-state index contributed by atoms with van der Waals surface area (Å²) in [5.41, 5.74) is 1.92. The lowest BCUT2D eigenvalue weighted by Crippen LogP contribution is -2.13. The Kier molecular flexibility index (Phi) is 5.98. The van der Waals surface area contributed by atoms with Crippen LogP contribution in [-0.4, -0.2) is 20.5 Å². The largest absolute Gasteiger partial charge is 0.299 e. The van der Waals surface area contributed by atoms with Gasteiger partial charge in [-0.25, -0.2) is 4.98 Å². The molecular weight excluding hydrogens is 312 g/mol. The molecule has 0 amide bonds. The van der Waals surface area contributed by atoms with Crippen molar-refractivity contribution in [1.29, 1.82) is 0 Å². The topological polar surface area (TPSA) is 34.9 Å². The van der Waals surface area contributed by atoms with Gasteiger partial charge in [0.15, 0.2) is 0 Å². The Morgan fingerprint density at radius 1 is 1.27 bits per heavy atom. The lowest BCUT2D eigenvalue weighted by molar-refractivity contribution is -0.121. The molecule has 0 N–H and O–H groups in total. The molecule has 1 aromatic carbocycles. The van der Waals surface area contributed by atoms with E-state index in [1.165, 1.54) is 0 Å². The number of carbonyl (C=O) groups excluding carboxylic acids is 1. The van der Waals surface area contributed by atoms with Crippen LogP contribution in [0.4, 0.5) is 0 Å². The van der Waals surface area contributed by atoms with Crippen LogP contribution in [0.5, 0.6) is 0 Å². The van der Waals surface area contributed by atoms with Gasteiger partial charge >= 0.3 is 0 Å². The molecule has 1 atom stereocenters. The van der Waals surface area contributed by atoms with Crippen LogP contribution in [0.2, 0.25) is 0 Å². The Morgan fingerprint density at radius 2 is 1.95 bits per heavy atom. The fourth-order valence-electron chi connectivity index (χ4n) is 2.19. The van der Waals surface area contributed by atoms with E-state index in [-0.39, 0.29) is 17.0 Å². The Labute approximate surface area is 142 Å². The number of fused-ring (bicyclic) bond motifs is 1. The number of imidazole rings is 1. The summed E-state index contributed by atoms with van der Waals surface area (Å²) in [5, 5.41) is 0.0576. The second-order valence-corrected chi connectivity index (χ2v) is 7.95. The van der Waals surface area contributed by atoms with E-state index >= 15 is 0 Å². The number of aromatic nitrogens is 2. The summed E-state index contributed by atoms with van der Waals surface area (Å²) in [6.07, 6.45) is 0.513. The molecule has 0 saturated carbocycles. The summed E-state index contributed by atoms with van der Waals surface area (Å²) in [7, 11) is 0. The Morgan fingerprint density at radius 3 is 2.55 bits per heavy atom. The minimum atomic E-state index is 0.0555. The van der Waals surface area contributed by atoms with Gasteiger partial charge in [-0.05, 0) is 23.8 Å². The summed E-state index contributed by atoms with van der Waals surface area (Å²) in [6.45, 7) is 8.29. The minimum Gasteiger partial charge on any atom is -0.299 e. The molecule has 5 heteroatoms. The minimum absolute atomic E-state index is 0.0555. The molecule has 3 nitrogen and oxygen atoms in total. The molecule has 2 aromatic rings. The lowest BCUT2D eigenvalue weighted by atomic mass is 10.0. The zero-order valence-electron chi connectivity index (χ0n) is 13.6. The van der Waals surface area contributed by atoms with Gasteiger partial charge in [0, 0.05) is 12.3 Å². The normalized spacial score (nSPS) is 13.2. The predicted molar refractivity (Wildman–Crippen MR) is 98.6 cm³/mol. The molecular formula is C17H24N2OS2. The maximum absolute atomic E-state index is 12.2. The molecule has 0 radical (unpaired) electrons. The van der Waals surface area contributed by atoms with Crippen LogP contribution in [0.1, 0.15) is 45.2 Å². The lowest BCUT2D eigenvalue weighted by Gasteiger charge is -2.17. The number of hydrogen-bond donors (Lipinski definition) is 1. The SMILES string of the molecule is CC(C)CSC(CC(=O)C(C)C)c1nc2ccccc2n1S. The third kappa shape index (κ3) is 4.07. The van der Waals surface area contributed by atoms with E-state index in [1.54, 1.807) is 11.8 Å². The van der Waals surface area contributed by atoms with Gasteiger partial charge in [0.2, 0.25) is 0 Å². The van der Waals surface area contributed by atoms with E-state index in [0.29, 0.717) is 12.3 Å². The van der Waals surface area contributed by atoms with Gasteiger partial charge in [-0.1, -0.05) is 52.6 Å². The number of rotatable bonds is 7. The molecule has 0 aliphatic heterocycles. The van der Waals surface area contributed by atoms with Crippen LogP contribution in [0.15, 0.2) is 24.3 Å². The number of Topliss-reactive ketones (excluding diaryl/α,β-unsaturated/α-hetero) is 1. The summed E-state index contributed by atoms with van der Waals surface area (Å²) in [4.78, 5) is 16.9. The standard InChI is InChI=1S/C17H24N2OS2/c1-11(2)10-22-16(9-15(20)12(3)4)17-18-13-7-5-6-8-14(13)19(17)21/h5-8,11-12,16,21H,9-10H2,1-4H3. The van der Waals surface area contributed by atoms with E-state index in [0.717, 1.165) is 22.6 Å². The molecule has 0 aliphatic rings. The van der Waals surface area contributed by atoms with Gasteiger partial charge in [0.05, 0.1) is 16.3 Å². The van der Waals surface area contributed by atoms with Crippen molar-refractivity contribution < 1.29 is 4.79 Å². The van der Waals surface area contributed by atoms with Gasteiger partial charge in [-0.2, -0.15) is 0 Å². The van der Waals surface area contributed by atoms with Crippen LogP contribution >= 0.6 is 24.6 Å². The number of hydrogen-bond acceptors (Lipinski definition) is 4. The maximum atomic E-state index is 12.2. The van der Waals surface area contributed by atoms with Crippen molar-refractivity contribution >= 4 is 41.4 Å². The van der Waals surface area contributed by atoms with Gasteiger partial charge in [0.1, 0.15) is 11.6 Å². The number of para-hydroxylation sites is 2. The quantitative estimate of drug-likeness (QED) is 0.739. The van der Waals surface area contributed by atoms with E-state index in [2.05, 4.69) is 26.7 Å². The monoisotopic (exact) mass is 336 g/mol. The highest BCUT2D eigenvalue weighted by atomic mass is 32.2. The zero-order chi connectivity index (χ0) is 16.3. The zero-order valence-corrected chi connectivity index (χ0v) is 15.3. The van der Waals surface area contributed by atoms with Crippen LogP contribution in [0.3, 0.4) is 0 Å². The smallest absolute Gasteiger partial charge is 0.136 e. The second kappa shape index (κ2) is 7.55. The summed E-state index contributed by atoms with van der Waals surface area (Å²) >= 11 is 6.41. The third-order valence-electron chi connectivity index (χ3n) is 3.51. The van der Waals surface area contributed by atoms with Gasteiger partial charge < -0.3 is 0 Å². The number of ketones is 1. The van der Waals surface area contributed by atoms with Gasteiger partial charge in [-0.15, -0.1) is 11.8 Å². The average molecular weight is 337 g/mol. The maximum Gasteiger partial charge on any atom is 0.136 e. The molecule has 120 valence electrons. The number of nitrogens with zero attached hydrogens (tertiary/aromatic N) is 2. The van der Waals surface area contributed by atoms with Crippen LogP contribution in [0.25, 0.3) is 11.0 Å². The number of thioether (sulfide) groups is 1. The van der Waals surface area contributed by atoms with Crippen molar-refractivity contribution in [3.8, 4) is 0 Å². The van der Waals surface area contributed by atoms with Gasteiger partial charge in [-0.3, -0.25) is 8.77 Å². The fraction of sp³-hybridized carbons (Fsp3) is 0.529. The van der Waals surface area contributed by atoms with E-state index in [9.17, 15) is 4.79 Å². The number of thiol groups is 1. The summed E-state index contributed by atoms with van der Waals surface area (Å²) < 4.78 is 1.83. The van der Waals surface area contributed by atoms with Crippen molar-refractivity contribution in [2.24, 2.45) is 11.8 Å². The first kappa shape index (κ1) is 17.4. The average Bonchev–Trinajstić information content (AvgIpc) is 2.80. The first-order chi connectivity index (χ1) is 10.4. The molecule has 1 aromatic heterocycles. The first-order valence-electron chi connectivity index (χ1n) is 7.71. The van der Waals surface area contributed by atoms with Crippen molar-refractivity contribution in [2.75, 3.05) is 5.75 Å². The van der Waals surface area contributed by atoms with Crippen molar-refractivity contribution in [3.05, 3.63) is 30.1 Å². The molecule has 22 heavy (non-hydrogen) atoms. The Bertz CT molecular complexity index is 649. The Balaban J connectivity index is 2.32. The highest BCUT2D eigenvalue weighted by Gasteiger charge is 2.24. The van der Waals surface area contributed by atoms with E-state index in [1.807, 2.05) is 42.1 Å². The number of carbonyl (C=O) groups is 1. The van der Waals surface area contributed by atoms with E-state index in [4.69, 9.17) is 4.98 Å². The van der Waals surface area contributed by atoms with Gasteiger partial charge in [0.25, 0.3) is 0 Å². The van der Waals surface area contributed by atoms with Crippen molar-refractivity contribution in [3.63, 3.8) is 0 Å². The molecule has 1 heterocycles. The van der Waals surface area contributed by atoms with Crippen molar-refractivity contribution in [2.45, 2.75) is 39.4 Å². The molecule has 2 rings (SSSR count). The van der Waals surface area contributed by atoms with Crippen molar-refractivity contribution in [1.82, 2.24) is 8.96 Å². The summed E-state index contributed by atoms with van der Waals surface area (Å²) in [6, 6.07) is 7.95. The molecule has 1 unspecified atom stereocenters. The van der Waals surface area contributed by atoms with Crippen LogP contribution in [-0.2, 0) is 4.79 Å². The highest BCUT2D eigenvalue weighted by molar-refractivity contribution is 7.99. The highest BCUT2D eigenvalue weighted by Crippen LogP contribution is 2.36. The molecule has 0 saturated heterocycles. The summed E-state index contributed by atoms with van der Waals surface area (Å²) in [5.74, 6) is 2.80. The van der Waals surface area contributed by atoms with E-state index < -0.39 is 0 Å². The molecule has 0 aliphatic carbocycles. The van der Waals surface area contributed by atoms with Crippen LogP contribution in [0, 0.1) is 11.8 Å². The Hall–Kier alpha value is -0.940. The van der Waals surface area contributed by atoms with Crippen LogP contribution < -0.4 is 0 Å². The number of benzene rings is 1. The second-order valence-electron chi connectivity index (χ2n) is 6.31. The fourth-order valence-corrected chi connectivity index (χ4v) is 3.83. The molecule has 0 bridgehead atoms. The predicted octanol–water partition coefficient (Wildman–Crippen LogP) is 4.77. The molecule has 0 spiro atoms. The first-order valence-corrected chi connectivity index (χ1v) is 9.16. The third-order valence-corrected chi connectivity index (χ3v) is 5.57.